The molecule has 0 fully saturated rings. The number of hydrogen-bond donors (Lipinski definition) is 2. The smallest absolute Gasteiger partial charge is 0.189 e. The molecule has 0 aliphatic rings. The first kappa shape index (κ1) is 9.32. The van der Waals surface area contributed by atoms with Gasteiger partial charge in [-0.25, -0.2) is 0 Å². The van der Waals surface area contributed by atoms with Crippen molar-refractivity contribution in [2.24, 2.45) is 0 Å². The lowest BCUT2D eigenvalue weighted by atomic mass is 10.1. The van der Waals surface area contributed by atoms with Gasteiger partial charge in [0.1, 0.15) is 11.5 Å². The maximum Gasteiger partial charge on any atom is 0.189 e. The number of benzene rings is 1. The van der Waals surface area contributed by atoms with E-state index in [-0.39, 0.29) is 22.8 Å². The van der Waals surface area contributed by atoms with Gasteiger partial charge >= 0.3 is 0 Å². The molecule has 0 atom stereocenters. The van der Waals surface area contributed by atoms with Gasteiger partial charge in [0.05, 0.1) is 5.56 Å². The molecule has 0 aromatic heterocycles. The number of carbonyl (C=O) groups excluding carboxylic acids is 1. The van der Waals surface area contributed by atoms with Crippen molar-refractivity contribution in [3.05, 3.63) is 35.9 Å². The summed E-state index contributed by atoms with van der Waals surface area (Å²) in [6.45, 7) is 1.71. The molecule has 68 valence electrons. The number of carbonyl (C=O) groups is 1. The van der Waals surface area contributed by atoms with Crippen LogP contribution in [0.1, 0.15) is 17.3 Å². The first-order chi connectivity index (χ1) is 6.15. The van der Waals surface area contributed by atoms with Crippen LogP contribution < -0.4 is 0 Å². The van der Waals surface area contributed by atoms with Crippen molar-refractivity contribution < 1.29 is 15.0 Å². The van der Waals surface area contributed by atoms with E-state index in [0.29, 0.717) is 0 Å². The molecular weight excluding hydrogens is 168 g/mol. The minimum absolute atomic E-state index is 0.0364. The van der Waals surface area contributed by atoms with E-state index in [4.69, 9.17) is 5.11 Å². The summed E-state index contributed by atoms with van der Waals surface area (Å²) in [6, 6.07) is 3.84. The summed E-state index contributed by atoms with van der Waals surface area (Å²) in [5.74, 6) is -0.484. The standard InChI is InChI=1S/C10H10O3/c1-2-3-9(12)8-6-7(11)4-5-10(8)13/h2-6,11,13H,1H3. The maximum absolute atomic E-state index is 11.3. The van der Waals surface area contributed by atoms with Crippen LogP contribution in [0.3, 0.4) is 0 Å². The van der Waals surface area contributed by atoms with Crippen molar-refractivity contribution in [3.8, 4) is 11.5 Å². The average Bonchev–Trinajstić information content (AvgIpc) is 2.09. The van der Waals surface area contributed by atoms with E-state index < -0.39 is 0 Å². The number of allylic oxidation sites excluding steroid dienone is 2. The van der Waals surface area contributed by atoms with Gasteiger partial charge in [-0.3, -0.25) is 4.79 Å². The Morgan fingerprint density at radius 1 is 1.38 bits per heavy atom. The molecule has 0 saturated carbocycles. The van der Waals surface area contributed by atoms with E-state index in [9.17, 15) is 9.90 Å². The zero-order valence-electron chi connectivity index (χ0n) is 7.19. The molecule has 0 saturated heterocycles. The number of phenolic OH excluding ortho intramolecular Hbond substituents is 2. The summed E-state index contributed by atoms with van der Waals surface area (Å²) < 4.78 is 0. The van der Waals surface area contributed by atoms with Gasteiger partial charge in [-0.2, -0.15) is 0 Å². The van der Waals surface area contributed by atoms with Crippen molar-refractivity contribution in [2.75, 3.05) is 0 Å². The molecule has 0 aliphatic heterocycles. The quantitative estimate of drug-likeness (QED) is 0.413. The fourth-order valence-corrected chi connectivity index (χ4v) is 0.963. The van der Waals surface area contributed by atoms with Crippen LogP contribution in [0, 0.1) is 0 Å². The highest BCUT2D eigenvalue weighted by molar-refractivity contribution is 6.06. The predicted octanol–water partition coefficient (Wildman–Crippen LogP) is 1.86. The highest BCUT2D eigenvalue weighted by Crippen LogP contribution is 2.22. The Kier molecular flexibility index (Phi) is 2.69. The second-order valence-corrected chi connectivity index (χ2v) is 2.57. The van der Waals surface area contributed by atoms with Gasteiger partial charge in [0.2, 0.25) is 0 Å². The molecule has 0 heterocycles. The zero-order valence-corrected chi connectivity index (χ0v) is 7.19. The largest absolute Gasteiger partial charge is 0.508 e. The molecule has 3 nitrogen and oxygen atoms in total. The van der Waals surface area contributed by atoms with Gasteiger partial charge in [0.25, 0.3) is 0 Å². The summed E-state index contributed by atoms with van der Waals surface area (Å²) >= 11 is 0. The van der Waals surface area contributed by atoms with Crippen LogP contribution in [0.4, 0.5) is 0 Å². The molecule has 1 aromatic carbocycles. The van der Waals surface area contributed by atoms with Gasteiger partial charge in [0, 0.05) is 0 Å². The van der Waals surface area contributed by atoms with Crippen LogP contribution in [-0.2, 0) is 0 Å². The third-order valence-corrected chi connectivity index (χ3v) is 1.56. The molecule has 13 heavy (non-hydrogen) atoms. The predicted molar refractivity (Wildman–Crippen MR) is 48.9 cm³/mol. The maximum atomic E-state index is 11.3. The molecule has 0 bridgehead atoms. The summed E-state index contributed by atoms with van der Waals surface area (Å²) in [7, 11) is 0. The van der Waals surface area contributed by atoms with Crippen LogP contribution in [0.5, 0.6) is 11.5 Å². The fraction of sp³-hybridized carbons (Fsp3) is 0.100. The van der Waals surface area contributed by atoms with Crippen molar-refractivity contribution in [3.63, 3.8) is 0 Å². The van der Waals surface area contributed by atoms with E-state index in [1.165, 1.54) is 24.3 Å². The first-order valence-electron chi connectivity index (χ1n) is 3.84. The third kappa shape index (κ3) is 2.08. The zero-order chi connectivity index (χ0) is 9.84. The van der Waals surface area contributed by atoms with Crippen molar-refractivity contribution in [1.29, 1.82) is 0 Å². The molecular formula is C10H10O3. The molecule has 0 aliphatic carbocycles. The third-order valence-electron chi connectivity index (χ3n) is 1.56. The Morgan fingerprint density at radius 2 is 2.08 bits per heavy atom. The lowest BCUT2D eigenvalue weighted by molar-refractivity contribution is 0.104. The summed E-state index contributed by atoms with van der Waals surface area (Å²) in [6.07, 6.45) is 2.90. The second-order valence-electron chi connectivity index (χ2n) is 2.57. The minimum Gasteiger partial charge on any atom is -0.508 e. The Balaban J connectivity index is 3.13. The van der Waals surface area contributed by atoms with Crippen molar-refractivity contribution >= 4 is 5.78 Å². The lowest BCUT2D eigenvalue weighted by Crippen LogP contribution is -1.94. The van der Waals surface area contributed by atoms with E-state index in [0.717, 1.165) is 0 Å². The minimum atomic E-state index is -0.323. The van der Waals surface area contributed by atoms with Crippen molar-refractivity contribution in [1.82, 2.24) is 0 Å². The lowest BCUT2D eigenvalue weighted by Gasteiger charge is -2.00. The van der Waals surface area contributed by atoms with Gasteiger partial charge in [-0.05, 0) is 31.2 Å². The number of ketones is 1. The highest BCUT2D eigenvalue weighted by atomic mass is 16.3. The topological polar surface area (TPSA) is 57.5 Å². The van der Waals surface area contributed by atoms with E-state index in [2.05, 4.69) is 0 Å². The van der Waals surface area contributed by atoms with Crippen LogP contribution in [0.25, 0.3) is 0 Å². The highest BCUT2D eigenvalue weighted by Gasteiger charge is 2.08. The van der Waals surface area contributed by atoms with Gasteiger partial charge in [0.15, 0.2) is 5.78 Å². The van der Waals surface area contributed by atoms with Crippen LogP contribution in [-0.4, -0.2) is 16.0 Å². The molecule has 0 spiro atoms. The van der Waals surface area contributed by atoms with E-state index >= 15 is 0 Å². The van der Waals surface area contributed by atoms with Crippen LogP contribution >= 0.6 is 0 Å². The molecule has 2 N–H and O–H groups in total. The van der Waals surface area contributed by atoms with E-state index in [1.807, 2.05) is 0 Å². The normalized spacial score (nSPS) is 10.5. The number of aromatic hydroxyl groups is 2. The van der Waals surface area contributed by atoms with E-state index in [1.54, 1.807) is 13.0 Å². The first-order valence-corrected chi connectivity index (χ1v) is 3.84. The molecule has 1 aromatic rings. The fourth-order valence-electron chi connectivity index (χ4n) is 0.963. The van der Waals surface area contributed by atoms with Gasteiger partial charge in [-0.15, -0.1) is 0 Å². The second kappa shape index (κ2) is 3.76. The van der Waals surface area contributed by atoms with Crippen molar-refractivity contribution in [2.45, 2.75) is 6.92 Å². The number of rotatable bonds is 2. The summed E-state index contributed by atoms with van der Waals surface area (Å²) in [5.41, 5.74) is 0.109. The molecule has 0 amide bonds. The van der Waals surface area contributed by atoms with Crippen LogP contribution in [0.2, 0.25) is 0 Å². The Hall–Kier alpha value is -1.77. The average molecular weight is 178 g/mol. The number of phenols is 2. The molecule has 3 heteroatoms. The Bertz CT molecular complexity index is 353. The summed E-state index contributed by atoms with van der Waals surface area (Å²) in [4.78, 5) is 11.3. The van der Waals surface area contributed by atoms with Gasteiger partial charge in [-0.1, -0.05) is 6.08 Å². The van der Waals surface area contributed by atoms with Gasteiger partial charge < -0.3 is 10.2 Å². The van der Waals surface area contributed by atoms with Crippen LogP contribution in [0.15, 0.2) is 30.4 Å². The SMILES string of the molecule is CC=CC(=O)c1cc(O)ccc1O. The molecule has 0 unspecified atom stereocenters. The monoisotopic (exact) mass is 178 g/mol. The number of hydrogen-bond acceptors (Lipinski definition) is 3. The molecule has 1 rings (SSSR count). The molecule has 0 radical (unpaired) electrons. The Morgan fingerprint density at radius 3 is 2.69 bits per heavy atom. The summed E-state index contributed by atoms with van der Waals surface area (Å²) in [5, 5.41) is 18.3. The Labute approximate surface area is 76.0 Å².